The molecule has 0 amide bonds. The molecule has 1 saturated heterocycles. The van der Waals surface area contributed by atoms with Gasteiger partial charge in [-0.15, -0.1) is 5.10 Å². The Bertz CT molecular complexity index is 518. The number of halogens is 1. The van der Waals surface area contributed by atoms with Crippen molar-refractivity contribution in [2.75, 3.05) is 17.2 Å². The van der Waals surface area contributed by atoms with Gasteiger partial charge in [0.1, 0.15) is 0 Å². The van der Waals surface area contributed by atoms with Gasteiger partial charge >= 0.3 is 0 Å². The van der Waals surface area contributed by atoms with Gasteiger partial charge in [-0.05, 0) is 47.2 Å². The number of hydrogen-bond acceptors (Lipinski definition) is 5. The first-order valence-electron chi connectivity index (χ1n) is 5.44. The quantitative estimate of drug-likeness (QED) is 0.884. The molecule has 1 fully saturated rings. The van der Waals surface area contributed by atoms with Crippen molar-refractivity contribution in [1.29, 1.82) is 0 Å². The molecule has 94 valence electrons. The highest BCUT2D eigenvalue weighted by molar-refractivity contribution is 9.10. The number of anilines is 1. The highest BCUT2D eigenvalue weighted by atomic mass is 79.9. The molecule has 0 bridgehead atoms. The maximum atomic E-state index is 11.5. The molecule has 1 aliphatic rings. The first kappa shape index (κ1) is 12.8. The van der Waals surface area contributed by atoms with Gasteiger partial charge in [0.05, 0.1) is 21.7 Å². The van der Waals surface area contributed by atoms with Crippen LogP contribution in [0.4, 0.5) is 5.82 Å². The first-order chi connectivity index (χ1) is 7.96. The zero-order chi connectivity index (χ0) is 12.5. The Morgan fingerprint density at radius 2 is 2.24 bits per heavy atom. The van der Waals surface area contributed by atoms with Crippen LogP contribution in [0, 0.1) is 5.92 Å². The zero-order valence-corrected chi connectivity index (χ0v) is 11.7. The number of sulfone groups is 1. The van der Waals surface area contributed by atoms with Crippen LogP contribution in [-0.2, 0) is 16.3 Å². The average Bonchev–Trinajstić information content (AvgIpc) is 2.22. The van der Waals surface area contributed by atoms with E-state index >= 15 is 0 Å². The Balaban J connectivity index is 2.08. The summed E-state index contributed by atoms with van der Waals surface area (Å²) in [6.45, 7) is 0. The minimum Gasteiger partial charge on any atom is -0.381 e. The Kier molecular flexibility index (Phi) is 3.67. The largest absolute Gasteiger partial charge is 0.381 e. The van der Waals surface area contributed by atoms with Crippen LogP contribution in [-0.4, -0.2) is 30.1 Å². The molecule has 17 heavy (non-hydrogen) atoms. The lowest BCUT2D eigenvalue weighted by Crippen LogP contribution is -2.26. The van der Waals surface area contributed by atoms with Crippen LogP contribution in [0.3, 0.4) is 0 Å². The molecular weight excluding hydrogens is 306 g/mol. The Morgan fingerprint density at radius 3 is 2.88 bits per heavy atom. The highest BCUT2D eigenvalue weighted by Gasteiger charge is 2.25. The van der Waals surface area contributed by atoms with Crippen molar-refractivity contribution in [2.45, 2.75) is 19.3 Å². The van der Waals surface area contributed by atoms with Gasteiger partial charge in [-0.1, -0.05) is 0 Å². The van der Waals surface area contributed by atoms with E-state index in [9.17, 15) is 8.42 Å². The molecule has 7 heteroatoms. The molecule has 0 aliphatic carbocycles. The number of aromatic nitrogens is 2. The summed E-state index contributed by atoms with van der Waals surface area (Å²) in [4.78, 5) is 0. The van der Waals surface area contributed by atoms with E-state index in [0.717, 1.165) is 18.5 Å². The van der Waals surface area contributed by atoms with E-state index in [1.165, 1.54) is 0 Å². The molecular formula is C10H14BrN3O2S. The minimum atomic E-state index is -2.85. The maximum absolute atomic E-state index is 11.5. The number of nitrogens with zero attached hydrogens (tertiary/aromatic N) is 2. The number of nitrogen functional groups attached to an aromatic ring is 1. The third-order valence-electron chi connectivity index (χ3n) is 2.88. The van der Waals surface area contributed by atoms with Crippen LogP contribution in [0.25, 0.3) is 0 Å². The zero-order valence-electron chi connectivity index (χ0n) is 9.26. The van der Waals surface area contributed by atoms with Crippen molar-refractivity contribution in [3.8, 4) is 0 Å². The predicted octanol–water partition coefficient (Wildman–Crippen LogP) is 1.19. The van der Waals surface area contributed by atoms with Crippen LogP contribution in [0.1, 0.15) is 18.5 Å². The summed E-state index contributed by atoms with van der Waals surface area (Å²) in [5.74, 6) is 1.08. The van der Waals surface area contributed by atoms with Crippen LogP contribution in [0.5, 0.6) is 0 Å². The molecule has 2 N–H and O–H groups in total. The molecule has 0 saturated carbocycles. The summed E-state index contributed by atoms with van der Waals surface area (Å²) in [5.41, 5.74) is 6.33. The number of rotatable bonds is 2. The van der Waals surface area contributed by atoms with Crippen LogP contribution in [0.15, 0.2) is 10.5 Å². The van der Waals surface area contributed by atoms with Crippen molar-refractivity contribution in [1.82, 2.24) is 10.2 Å². The summed E-state index contributed by atoms with van der Waals surface area (Å²) in [7, 11) is -2.85. The van der Waals surface area contributed by atoms with E-state index in [1.807, 2.05) is 6.07 Å². The molecule has 5 nitrogen and oxygen atoms in total. The molecule has 1 unspecified atom stereocenters. The summed E-state index contributed by atoms with van der Waals surface area (Å²) >= 11 is 3.29. The van der Waals surface area contributed by atoms with Gasteiger partial charge in [-0.25, -0.2) is 8.42 Å². The first-order valence-corrected chi connectivity index (χ1v) is 8.06. The second-order valence-electron chi connectivity index (χ2n) is 4.40. The van der Waals surface area contributed by atoms with E-state index in [0.29, 0.717) is 22.5 Å². The Hall–Kier alpha value is -0.690. The molecule has 1 aliphatic heterocycles. The third kappa shape index (κ3) is 3.38. The summed E-state index contributed by atoms with van der Waals surface area (Å²) in [6, 6.07) is 1.81. The van der Waals surface area contributed by atoms with Gasteiger partial charge in [0.25, 0.3) is 0 Å². The van der Waals surface area contributed by atoms with Gasteiger partial charge in [-0.2, -0.15) is 5.10 Å². The van der Waals surface area contributed by atoms with Crippen molar-refractivity contribution in [2.24, 2.45) is 5.92 Å². The maximum Gasteiger partial charge on any atom is 0.160 e. The fourth-order valence-corrected chi connectivity index (χ4v) is 4.21. The molecule has 2 heterocycles. The van der Waals surface area contributed by atoms with E-state index in [2.05, 4.69) is 26.1 Å². The van der Waals surface area contributed by atoms with Crippen molar-refractivity contribution in [3.63, 3.8) is 0 Å². The van der Waals surface area contributed by atoms with E-state index in [-0.39, 0.29) is 11.7 Å². The van der Waals surface area contributed by atoms with Gasteiger partial charge < -0.3 is 5.73 Å². The SMILES string of the molecule is Nc1nnc(CC2CCCS(=O)(=O)C2)cc1Br. The summed E-state index contributed by atoms with van der Waals surface area (Å²) in [6.07, 6.45) is 2.32. The molecule has 0 spiro atoms. The molecule has 1 atom stereocenters. The summed E-state index contributed by atoms with van der Waals surface area (Å²) < 4.78 is 23.7. The smallest absolute Gasteiger partial charge is 0.160 e. The monoisotopic (exact) mass is 319 g/mol. The standard InChI is InChI=1S/C10H14BrN3O2S/c11-9-5-8(13-14-10(9)12)4-7-2-1-3-17(15,16)6-7/h5,7H,1-4,6H2,(H2,12,14). The molecule has 2 rings (SSSR count). The fourth-order valence-electron chi connectivity index (χ4n) is 2.09. The lowest BCUT2D eigenvalue weighted by Gasteiger charge is -2.21. The predicted molar refractivity (Wildman–Crippen MR) is 69.2 cm³/mol. The average molecular weight is 320 g/mol. The third-order valence-corrected chi connectivity index (χ3v) is 5.40. The van der Waals surface area contributed by atoms with Crippen LogP contribution >= 0.6 is 15.9 Å². The van der Waals surface area contributed by atoms with E-state index in [4.69, 9.17) is 5.73 Å². The topological polar surface area (TPSA) is 85.9 Å². The van der Waals surface area contributed by atoms with Crippen molar-refractivity contribution in [3.05, 3.63) is 16.2 Å². The normalized spacial score (nSPS) is 23.5. The van der Waals surface area contributed by atoms with Gasteiger partial charge in [-0.3, -0.25) is 0 Å². The van der Waals surface area contributed by atoms with Crippen LogP contribution in [0.2, 0.25) is 0 Å². The Morgan fingerprint density at radius 1 is 1.47 bits per heavy atom. The number of hydrogen-bond donors (Lipinski definition) is 1. The summed E-state index contributed by atoms with van der Waals surface area (Å²) in [5, 5.41) is 7.79. The van der Waals surface area contributed by atoms with Gasteiger partial charge in [0, 0.05) is 0 Å². The number of nitrogens with two attached hydrogens (primary N) is 1. The van der Waals surface area contributed by atoms with E-state index < -0.39 is 9.84 Å². The second kappa shape index (κ2) is 4.89. The van der Waals surface area contributed by atoms with Crippen molar-refractivity contribution >= 4 is 31.6 Å². The second-order valence-corrected chi connectivity index (χ2v) is 7.48. The van der Waals surface area contributed by atoms with Crippen molar-refractivity contribution < 1.29 is 8.42 Å². The molecule has 1 aromatic heterocycles. The molecule has 0 radical (unpaired) electrons. The minimum absolute atomic E-state index is 0.151. The lowest BCUT2D eigenvalue weighted by atomic mass is 9.99. The molecule has 0 aromatic carbocycles. The van der Waals surface area contributed by atoms with Crippen LogP contribution < -0.4 is 5.73 Å². The highest BCUT2D eigenvalue weighted by Crippen LogP contribution is 2.23. The van der Waals surface area contributed by atoms with Gasteiger partial charge in [0.2, 0.25) is 0 Å². The van der Waals surface area contributed by atoms with E-state index in [1.54, 1.807) is 0 Å². The fraction of sp³-hybridized carbons (Fsp3) is 0.600. The lowest BCUT2D eigenvalue weighted by molar-refractivity contribution is 0.478. The van der Waals surface area contributed by atoms with Gasteiger partial charge in [0.15, 0.2) is 15.7 Å². The molecule has 1 aromatic rings. The Labute approximate surface area is 109 Å².